The second-order valence-electron chi connectivity index (χ2n) is 11.0. The number of aliphatic hydroxyl groups excluding tert-OH is 1. The molecule has 0 saturated carbocycles. The van der Waals surface area contributed by atoms with Crippen LogP contribution >= 0.6 is 11.6 Å². The molecule has 230 valence electrons. The van der Waals surface area contributed by atoms with Gasteiger partial charge in [-0.15, -0.1) is 0 Å². The number of aromatic hydroxyl groups is 3. The number of hydrogen-bond acceptors (Lipinski definition) is 7. The first-order chi connectivity index (χ1) is 19.8. The topological polar surface area (TPSA) is 119 Å². The van der Waals surface area contributed by atoms with E-state index in [2.05, 4.69) is 12.2 Å². The van der Waals surface area contributed by atoms with Gasteiger partial charge in [-0.2, -0.15) is 0 Å². The van der Waals surface area contributed by atoms with E-state index in [4.69, 9.17) is 21.4 Å². The molecule has 41 heavy (non-hydrogen) atoms. The normalized spacial score (nSPS) is 15.3. The molecular formula is C33H50ClNO6. The third-order valence-electron chi connectivity index (χ3n) is 7.51. The van der Waals surface area contributed by atoms with E-state index in [0.29, 0.717) is 19.6 Å². The molecule has 8 heteroatoms. The fourth-order valence-electron chi connectivity index (χ4n) is 5.06. The minimum Gasteiger partial charge on any atom is -0.508 e. The molecule has 7 nitrogen and oxygen atoms in total. The quantitative estimate of drug-likeness (QED) is 0.0834. The number of hydrogen-bond donors (Lipinski definition) is 5. The molecule has 5 N–H and O–H groups in total. The molecule has 2 unspecified atom stereocenters. The fraction of sp³-hybridized carbons (Fsp3) is 0.606. The van der Waals surface area contributed by atoms with Gasteiger partial charge in [0.1, 0.15) is 11.9 Å². The summed E-state index contributed by atoms with van der Waals surface area (Å²) in [5.74, 6) is -0.751. The zero-order chi connectivity index (χ0) is 30.0. The maximum absolute atomic E-state index is 11.0. The van der Waals surface area contributed by atoms with E-state index in [-0.39, 0.29) is 28.2 Å². The molecule has 2 atom stereocenters. The minimum absolute atomic E-state index is 0.00657. The number of carbonyl (C=O) groups excluding carboxylic acids is 1. The average Bonchev–Trinajstić information content (AvgIpc) is 3.17. The third kappa shape index (κ3) is 12.5. The maximum Gasteiger partial charge on any atom is 0.334 e. The fourth-order valence-corrected chi connectivity index (χ4v) is 5.36. The molecule has 2 aromatic rings. The van der Waals surface area contributed by atoms with E-state index in [0.717, 1.165) is 36.1 Å². The van der Waals surface area contributed by atoms with Crippen molar-refractivity contribution in [1.29, 1.82) is 0 Å². The van der Waals surface area contributed by atoms with Gasteiger partial charge in [0.25, 0.3) is 0 Å². The van der Waals surface area contributed by atoms with Gasteiger partial charge >= 0.3 is 5.97 Å². The summed E-state index contributed by atoms with van der Waals surface area (Å²) in [6, 6.07) is 8.58. The molecule has 1 aliphatic rings. The lowest BCUT2D eigenvalue weighted by molar-refractivity contribution is -0.152. The van der Waals surface area contributed by atoms with E-state index in [1.54, 1.807) is 18.2 Å². The van der Waals surface area contributed by atoms with E-state index < -0.39 is 12.1 Å². The Labute approximate surface area is 250 Å². The Morgan fingerprint density at radius 2 is 1.51 bits per heavy atom. The van der Waals surface area contributed by atoms with Crippen LogP contribution in [-0.4, -0.2) is 52.2 Å². The number of halogens is 1. The van der Waals surface area contributed by atoms with Gasteiger partial charge in [0.15, 0.2) is 11.5 Å². The van der Waals surface area contributed by atoms with Gasteiger partial charge in [-0.05, 0) is 61.2 Å². The van der Waals surface area contributed by atoms with Crippen molar-refractivity contribution in [2.24, 2.45) is 0 Å². The van der Waals surface area contributed by atoms with E-state index in [9.17, 15) is 20.1 Å². The van der Waals surface area contributed by atoms with Gasteiger partial charge in [-0.3, -0.25) is 0 Å². The predicted molar refractivity (Wildman–Crippen MR) is 165 cm³/mol. The average molecular weight is 592 g/mol. The number of nitrogens with one attached hydrogen (secondary N) is 1. The Balaban J connectivity index is 0.000000288. The Hall–Kier alpha value is -2.48. The van der Waals surface area contributed by atoms with E-state index in [1.165, 1.54) is 71.1 Å². The lowest BCUT2D eigenvalue weighted by Crippen LogP contribution is -2.20. The lowest BCUT2D eigenvalue weighted by atomic mass is 9.87. The zero-order valence-electron chi connectivity index (χ0n) is 24.8. The summed E-state index contributed by atoms with van der Waals surface area (Å²) < 4.78 is 4.91. The Bertz CT molecular complexity index is 1030. The number of benzene rings is 2. The van der Waals surface area contributed by atoms with Crippen LogP contribution in [-0.2, 0) is 16.0 Å². The van der Waals surface area contributed by atoms with Crippen molar-refractivity contribution in [3.63, 3.8) is 0 Å². The van der Waals surface area contributed by atoms with Crippen molar-refractivity contribution in [2.75, 3.05) is 19.7 Å². The van der Waals surface area contributed by atoms with Gasteiger partial charge in [0, 0.05) is 12.5 Å². The first-order valence-corrected chi connectivity index (χ1v) is 15.7. The molecule has 0 spiro atoms. The van der Waals surface area contributed by atoms with Gasteiger partial charge in [-0.1, -0.05) is 101 Å². The van der Waals surface area contributed by atoms with E-state index >= 15 is 0 Å². The van der Waals surface area contributed by atoms with Crippen molar-refractivity contribution in [2.45, 2.75) is 109 Å². The summed E-state index contributed by atoms with van der Waals surface area (Å²) in [5.41, 5.74) is 2.78. The number of phenols is 3. The molecule has 0 saturated heterocycles. The van der Waals surface area contributed by atoms with Crippen LogP contribution in [0.15, 0.2) is 30.3 Å². The number of esters is 1. The summed E-state index contributed by atoms with van der Waals surface area (Å²) in [5, 5.41) is 41.6. The van der Waals surface area contributed by atoms with E-state index in [1.807, 2.05) is 12.1 Å². The lowest BCUT2D eigenvalue weighted by Gasteiger charge is -2.20. The second kappa shape index (κ2) is 19.6. The van der Waals surface area contributed by atoms with Crippen molar-refractivity contribution >= 4 is 17.6 Å². The molecule has 2 aromatic carbocycles. The molecule has 1 aliphatic heterocycles. The van der Waals surface area contributed by atoms with Crippen LogP contribution in [0.1, 0.15) is 114 Å². The zero-order valence-corrected chi connectivity index (χ0v) is 25.6. The van der Waals surface area contributed by atoms with Crippen LogP contribution in [0.3, 0.4) is 0 Å². The third-order valence-corrected chi connectivity index (χ3v) is 7.92. The summed E-state index contributed by atoms with van der Waals surface area (Å²) in [7, 11) is 0. The van der Waals surface area contributed by atoms with Crippen LogP contribution < -0.4 is 5.32 Å². The van der Waals surface area contributed by atoms with Crippen LogP contribution in [0, 0.1) is 0 Å². The van der Waals surface area contributed by atoms with Crippen LogP contribution in [0.25, 0.3) is 0 Å². The molecule has 1 heterocycles. The number of rotatable bonds is 15. The first-order valence-electron chi connectivity index (χ1n) is 15.3. The highest BCUT2D eigenvalue weighted by atomic mass is 35.5. The molecule has 0 aromatic heterocycles. The molecule has 3 rings (SSSR count). The highest BCUT2D eigenvalue weighted by Crippen LogP contribution is 2.42. The second-order valence-corrected chi connectivity index (χ2v) is 11.3. The highest BCUT2D eigenvalue weighted by Gasteiger charge is 2.25. The SMILES string of the molecule is CCCCCCCCCCCCCCOC(=O)C(C)O.Oc1ccc(C2CNCCc3c2cc(O)c(O)c3Cl)cc1. The monoisotopic (exact) mass is 591 g/mol. The number of aliphatic hydroxyl groups is 1. The van der Waals surface area contributed by atoms with Gasteiger partial charge in [0.05, 0.1) is 11.6 Å². The molecule has 0 fully saturated rings. The largest absolute Gasteiger partial charge is 0.508 e. The molecule has 0 amide bonds. The number of ether oxygens (including phenoxy) is 1. The predicted octanol–water partition coefficient (Wildman–Crippen LogP) is 7.35. The number of phenolic OH excluding ortho intramolecular Hbond substituents is 3. The van der Waals surface area contributed by atoms with Gasteiger partial charge in [-0.25, -0.2) is 4.79 Å². The Kier molecular flexibility index (Phi) is 16.6. The van der Waals surface area contributed by atoms with Crippen molar-refractivity contribution in [3.05, 3.63) is 52.0 Å². The Morgan fingerprint density at radius 3 is 2.07 bits per heavy atom. The van der Waals surface area contributed by atoms with Crippen LogP contribution in [0.5, 0.6) is 17.2 Å². The van der Waals surface area contributed by atoms with Crippen molar-refractivity contribution < 1.29 is 30.0 Å². The molecule has 0 aliphatic carbocycles. The minimum atomic E-state index is -0.993. The molecular weight excluding hydrogens is 542 g/mol. The number of unbranched alkanes of at least 4 members (excludes halogenated alkanes) is 11. The first kappa shape index (κ1) is 34.7. The summed E-state index contributed by atoms with van der Waals surface area (Å²) >= 11 is 6.19. The smallest absolute Gasteiger partial charge is 0.334 e. The summed E-state index contributed by atoms with van der Waals surface area (Å²) in [4.78, 5) is 11.0. The standard InChI is InChI=1S/C17H34O3.C16H16ClNO3/c1-3-4-5-6-7-8-9-10-11-12-13-14-15-20-17(19)16(2)18;17-15-11-5-6-18-8-13(9-1-3-10(19)4-2-9)12(11)7-14(20)16(15)21/h16,18H,3-15H2,1-2H3;1-4,7,13,18-21H,5-6,8H2. The summed E-state index contributed by atoms with van der Waals surface area (Å²) in [6.45, 7) is 5.60. The van der Waals surface area contributed by atoms with Gasteiger partial charge < -0.3 is 30.5 Å². The number of carbonyl (C=O) groups is 1. The van der Waals surface area contributed by atoms with Crippen LogP contribution in [0.2, 0.25) is 5.02 Å². The molecule has 0 bridgehead atoms. The van der Waals surface area contributed by atoms with Crippen LogP contribution in [0.4, 0.5) is 0 Å². The van der Waals surface area contributed by atoms with Gasteiger partial charge in [0.2, 0.25) is 0 Å². The van der Waals surface area contributed by atoms with Crippen molar-refractivity contribution in [3.8, 4) is 17.2 Å². The number of fused-ring (bicyclic) bond motifs is 1. The highest BCUT2D eigenvalue weighted by molar-refractivity contribution is 6.33. The molecule has 0 radical (unpaired) electrons. The summed E-state index contributed by atoms with van der Waals surface area (Å²) in [6.07, 6.45) is 15.2. The maximum atomic E-state index is 11.0. The Morgan fingerprint density at radius 1 is 0.951 bits per heavy atom. The van der Waals surface area contributed by atoms with Crippen molar-refractivity contribution in [1.82, 2.24) is 5.32 Å².